The van der Waals surface area contributed by atoms with Crippen molar-refractivity contribution in [2.45, 2.75) is 39.7 Å². The van der Waals surface area contributed by atoms with Crippen LogP contribution in [0, 0.1) is 20.8 Å². The fraction of sp³-hybridized carbons (Fsp3) is 0.318. The molecule has 1 aliphatic rings. The van der Waals surface area contributed by atoms with Crippen LogP contribution in [0.2, 0.25) is 0 Å². The Morgan fingerprint density at radius 3 is 2.77 bits per heavy atom. The molecule has 1 atom stereocenters. The third-order valence-electron chi connectivity index (χ3n) is 5.26. The lowest BCUT2D eigenvalue weighted by atomic mass is 10.1. The van der Waals surface area contributed by atoms with Crippen molar-refractivity contribution in [2.75, 3.05) is 6.61 Å². The zero-order chi connectivity index (χ0) is 18.3. The number of hydrogen-bond acceptors (Lipinski definition) is 2. The average molecular weight is 348 g/mol. The number of carbonyl (C=O) groups excluding carboxylic acids is 1. The van der Waals surface area contributed by atoms with E-state index in [1.807, 2.05) is 25.1 Å². The molecule has 2 aromatic carbocycles. The highest BCUT2D eigenvalue weighted by Gasteiger charge is 2.26. The van der Waals surface area contributed by atoms with Gasteiger partial charge in [-0.05, 0) is 68.1 Å². The summed E-state index contributed by atoms with van der Waals surface area (Å²) < 4.78 is 5.64. The van der Waals surface area contributed by atoms with Gasteiger partial charge in [-0.3, -0.25) is 4.79 Å². The number of benzene rings is 2. The van der Waals surface area contributed by atoms with Crippen LogP contribution in [-0.4, -0.2) is 23.5 Å². The molecule has 0 saturated carbocycles. The molecule has 4 nitrogen and oxygen atoms in total. The summed E-state index contributed by atoms with van der Waals surface area (Å²) >= 11 is 0. The lowest BCUT2D eigenvalue weighted by Crippen LogP contribution is -2.38. The molecular formula is C22H24N2O2. The van der Waals surface area contributed by atoms with Crippen molar-refractivity contribution in [2.24, 2.45) is 0 Å². The smallest absolute Gasteiger partial charge is 0.258 e. The largest absolute Gasteiger partial charge is 0.484 e. The van der Waals surface area contributed by atoms with E-state index in [1.165, 1.54) is 38.9 Å². The Kier molecular flexibility index (Phi) is 4.19. The minimum Gasteiger partial charge on any atom is -0.484 e. The van der Waals surface area contributed by atoms with Crippen molar-refractivity contribution >= 4 is 16.8 Å². The second-order valence-corrected chi connectivity index (χ2v) is 7.34. The standard InChI is InChI=1S/C22H24N2O2/c1-13-4-7-20-18(8-13)19-10-16(11-21(19)24-20)23-22(25)12-26-17-6-5-14(2)15(3)9-17/h4-9,16,24H,10-12H2,1-3H3,(H,23,25). The van der Waals surface area contributed by atoms with Gasteiger partial charge in [-0.15, -0.1) is 0 Å². The third kappa shape index (κ3) is 3.19. The second-order valence-electron chi connectivity index (χ2n) is 7.34. The molecule has 0 saturated heterocycles. The summed E-state index contributed by atoms with van der Waals surface area (Å²) in [6, 6.07) is 12.5. The average Bonchev–Trinajstić information content (AvgIpc) is 3.13. The Morgan fingerprint density at radius 1 is 1.12 bits per heavy atom. The van der Waals surface area contributed by atoms with E-state index in [0.29, 0.717) is 0 Å². The fourth-order valence-corrected chi connectivity index (χ4v) is 3.71. The Morgan fingerprint density at radius 2 is 1.96 bits per heavy atom. The molecule has 26 heavy (non-hydrogen) atoms. The number of nitrogens with one attached hydrogen (secondary N) is 2. The second kappa shape index (κ2) is 6.52. The van der Waals surface area contributed by atoms with Gasteiger partial charge < -0.3 is 15.0 Å². The van der Waals surface area contributed by atoms with E-state index in [4.69, 9.17) is 4.74 Å². The van der Waals surface area contributed by atoms with Gasteiger partial charge in [0.05, 0.1) is 0 Å². The van der Waals surface area contributed by atoms with Crippen molar-refractivity contribution in [1.29, 1.82) is 0 Å². The van der Waals surface area contributed by atoms with Crippen LogP contribution in [0.4, 0.5) is 0 Å². The number of aromatic nitrogens is 1. The molecule has 2 N–H and O–H groups in total. The quantitative estimate of drug-likeness (QED) is 0.754. The van der Waals surface area contributed by atoms with Crippen molar-refractivity contribution < 1.29 is 9.53 Å². The number of aromatic amines is 1. The van der Waals surface area contributed by atoms with Gasteiger partial charge in [-0.2, -0.15) is 0 Å². The highest BCUT2D eigenvalue weighted by Crippen LogP contribution is 2.30. The van der Waals surface area contributed by atoms with Gasteiger partial charge >= 0.3 is 0 Å². The number of ether oxygens (including phenoxy) is 1. The van der Waals surface area contributed by atoms with Crippen LogP contribution < -0.4 is 10.1 Å². The Balaban J connectivity index is 1.36. The molecule has 0 aliphatic heterocycles. The van der Waals surface area contributed by atoms with Crippen LogP contribution in [0.25, 0.3) is 10.9 Å². The Hall–Kier alpha value is -2.75. The molecule has 1 amide bonds. The van der Waals surface area contributed by atoms with Gasteiger partial charge in [0.15, 0.2) is 6.61 Å². The van der Waals surface area contributed by atoms with E-state index in [0.717, 1.165) is 18.6 Å². The number of hydrogen-bond donors (Lipinski definition) is 2. The summed E-state index contributed by atoms with van der Waals surface area (Å²) in [5.41, 5.74) is 7.41. The van der Waals surface area contributed by atoms with E-state index >= 15 is 0 Å². The SMILES string of the molecule is Cc1ccc2[nH]c3c(c2c1)CC(NC(=O)COc1ccc(C)c(C)c1)C3. The Labute approximate surface area is 153 Å². The maximum absolute atomic E-state index is 12.3. The summed E-state index contributed by atoms with van der Waals surface area (Å²) in [7, 11) is 0. The molecule has 4 rings (SSSR count). The molecule has 0 bridgehead atoms. The predicted molar refractivity (Wildman–Crippen MR) is 104 cm³/mol. The lowest BCUT2D eigenvalue weighted by molar-refractivity contribution is -0.123. The van der Waals surface area contributed by atoms with Crippen LogP contribution >= 0.6 is 0 Å². The number of carbonyl (C=O) groups is 1. The minimum absolute atomic E-state index is 0.0484. The minimum atomic E-state index is -0.0705. The first kappa shape index (κ1) is 16.7. The van der Waals surface area contributed by atoms with Crippen molar-refractivity contribution in [3.8, 4) is 5.75 Å². The monoisotopic (exact) mass is 348 g/mol. The zero-order valence-electron chi connectivity index (χ0n) is 15.5. The van der Waals surface area contributed by atoms with Crippen LogP contribution in [0.3, 0.4) is 0 Å². The summed E-state index contributed by atoms with van der Waals surface area (Å²) in [4.78, 5) is 15.8. The summed E-state index contributed by atoms with van der Waals surface area (Å²) in [5.74, 6) is 0.667. The molecular weight excluding hydrogens is 324 g/mol. The number of rotatable bonds is 4. The molecule has 134 valence electrons. The van der Waals surface area contributed by atoms with Crippen LogP contribution in [-0.2, 0) is 17.6 Å². The first-order chi connectivity index (χ1) is 12.5. The summed E-state index contributed by atoms with van der Waals surface area (Å²) in [5, 5.41) is 4.38. The molecule has 0 radical (unpaired) electrons. The molecule has 0 fully saturated rings. The molecule has 1 unspecified atom stereocenters. The van der Waals surface area contributed by atoms with Gasteiger partial charge in [-0.1, -0.05) is 17.7 Å². The highest BCUT2D eigenvalue weighted by atomic mass is 16.5. The predicted octanol–water partition coefficient (Wildman–Crippen LogP) is 3.76. The number of amides is 1. The van der Waals surface area contributed by atoms with E-state index in [9.17, 15) is 4.79 Å². The maximum Gasteiger partial charge on any atom is 0.258 e. The number of fused-ring (bicyclic) bond motifs is 3. The van der Waals surface area contributed by atoms with E-state index in [2.05, 4.69) is 42.3 Å². The van der Waals surface area contributed by atoms with Gasteiger partial charge in [0, 0.05) is 29.1 Å². The first-order valence-electron chi connectivity index (χ1n) is 9.09. The lowest BCUT2D eigenvalue weighted by Gasteiger charge is -2.13. The van der Waals surface area contributed by atoms with Crippen molar-refractivity contribution in [1.82, 2.24) is 10.3 Å². The number of H-pyrrole nitrogens is 1. The topological polar surface area (TPSA) is 54.1 Å². The van der Waals surface area contributed by atoms with E-state index in [1.54, 1.807) is 0 Å². The van der Waals surface area contributed by atoms with E-state index < -0.39 is 0 Å². The molecule has 4 heteroatoms. The molecule has 1 heterocycles. The molecule has 1 aromatic heterocycles. The molecule has 0 spiro atoms. The first-order valence-corrected chi connectivity index (χ1v) is 9.09. The third-order valence-corrected chi connectivity index (χ3v) is 5.26. The maximum atomic E-state index is 12.3. The van der Waals surface area contributed by atoms with Gasteiger partial charge in [0.2, 0.25) is 0 Å². The van der Waals surface area contributed by atoms with Crippen LogP contribution in [0.1, 0.15) is 27.9 Å². The highest BCUT2D eigenvalue weighted by molar-refractivity contribution is 5.86. The molecule has 1 aliphatic carbocycles. The van der Waals surface area contributed by atoms with Crippen molar-refractivity contribution in [3.63, 3.8) is 0 Å². The van der Waals surface area contributed by atoms with Gasteiger partial charge in [0.25, 0.3) is 5.91 Å². The van der Waals surface area contributed by atoms with E-state index in [-0.39, 0.29) is 18.6 Å². The normalized spacial score (nSPS) is 15.9. The zero-order valence-corrected chi connectivity index (χ0v) is 15.5. The Bertz CT molecular complexity index is 987. The molecule has 3 aromatic rings. The summed E-state index contributed by atoms with van der Waals surface area (Å²) in [6.07, 6.45) is 1.71. The number of aryl methyl sites for hydroxylation is 3. The fourth-order valence-electron chi connectivity index (χ4n) is 3.71. The van der Waals surface area contributed by atoms with Crippen molar-refractivity contribution in [3.05, 3.63) is 64.3 Å². The van der Waals surface area contributed by atoms with Crippen LogP contribution in [0.15, 0.2) is 36.4 Å². The van der Waals surface area contributed by atoms with Gasteiger partial charge in [0.1, 0.15) is 5.75 Å². The van der Waals surface area contributed by atoms with Gasteiger partial charge in [-0.25, -0.2) is 0 Å². The summed E-state index contributed by atoms with van der Waals surface area (Å²) in [6.45, 7) is 6.26. The van der Waals surface area contributed by atoms with Crippen LogP contribution in [0.5, 0.6) is 5.75 Å².